The maximum absolute atomic E-state index is 12.8. The van der Waals surface area contributed by atoms with Gasteiger partial charge in [-0.3, -0.25) is 14.4 Å². The molecule has 62 heavy (non-hydrogen) atoms. The Morgan fingerprint density at radius 1 is 0.323 bits per heavy atom. The Bertz CT molecular complexity index is 962. The molecule has 2 atom stereocenters. The summed E-state index contributed by atoms with van der Waals surface area (Å²) in [4.78, 5) is 38.0. The summed E-state index contributed by atoms with van der Waals surface area (Å²) < 4.78 is 16.8. The molecule has 0 heterocycles. The van der Waals surface area contributed by atoms with E-state index in [0.29, 0.717) is 19.3 Å². The molecule has 6 nitrogen and oxygen atoms in total. The number of carbonyl (C=O) groups is 3. The minimum absolute atomic E-state index is 0.0649. The first-order valence-corrected chi connectivity index (χ1v) is 27.6. The largest absolute Gasteiger partial charge is 0.462 e. The molecule has 0 fully saturated rings. The molecule has 0 radical (unpaired) electrons. The zero-order valence-corrected chi connectivity index (χ0v) is 42.7. The van der Waals surface area contributed by atoms with Gasteiger partial charge in [-0.05, 0) is 37.0 Å². The fraction of sp³-hybridized carbons (Fsp3) is 0.946. The zero-order valence-electron chi connectivity index (χ0n) is 42.7. The van der Waals surface area contributed by atoms with Crippen LogP contribution in [0.25, 0.3) is 0 Å². The van der Waals surface area contributed by atoms with Gasteiger partial charge in [-0.1, -0.05) is 266 Å². The van der Waals surface area contributed by atoms with Gasteiger partial charge in [-0.15, -0.1) is 0 Å². The third-order valence-corrected chi connectivity index (χ3v) is 13.0. The molecule has 1 unspecified atom stereocenters. The molecule has 0 amide bonds. The third kappa shape index (κ3) is 47.9. The highest BCUT2D eigenvalue weighted by molar-refractivity contribution is 5.71. The predicted molar refractivity (Wildman–Crippen MR) is 266 cm³/mol. The normalized spacial score (nSPS) is 12.6. The number of rotatable bonds is 49. The summed E-state index contributed by atoms with van der Waals surface area (Å²) in [6.07, 6.45) is 48.1. The van der Waals surface area contributed by atoms with Crippen LogP contribution in [0, 0.1) is 17.8 Å². The molecule has 0 aliphatic carbocycles. The van der Waals surface area contributed by atoms with Crippen LogP contribution in [0.1, 0.15) is 305 Å². The Morgan fingerprint density at radius 3 is 0.839 bits per heavy atom. The van der Waals surface area contributed by atoms with E-state index in [9.17, 15) is 14.4 Å². The molecule has 0 bridgehead atoms. The van der Waals surface area contributed by atoms with Crippen molar-refractivity contribution in [1.82, 2.24) is 0 Å². The van der Waals surface area contributed by atoms with Crippen molar-refractivity contribution >= 4 is 17.9 Å². The standard InChI is InChI=1S/C56H108O6/c1-7-52(6)44-38-32-28-29-35-41-47-56(59)62-53(49-61-55(58)46-40-34-27-23-19-15-14-17-21-25-31-37-43-51(4)5)48-60-54(57)45-39-33-26-22-18-13-11-9-8-10-12-16-20-24-30-36-42-50(2)3/h50-53H,7-49H2,1-6H3/t52?,53-/m1/s1. The molecule has 0 aromatic heterocycles. The fourth-order valence-corrected chi connectivity index (χ4v) is 8.44. The molecular weight excluding hydrogens is 769 g/mol. The molecular formula is C56H108O6. The number of unbranched alkanes of at least 4 members (excludes halogenated alkanes) is 31. The predicted octanol–water partition coefficient (Wildman–Crippen LogP) is 17.9. The van der Waals surface area contributed by atoms with Crippen molar-refractivity contribution in [2.75, 3.05) is 13.2 Å². The van der Waals surface area contributed by atoms with Gasteiger partial charge in [0.15, 0.2) is 6.10 Å². The summed E-state index contributed by atoms with van der Waals surface area (Å²) in [5.41, 5.74) is 0. The van der Waals surface area contributed by atoms with E-state index < -0.39 is 6.10 Å². The molecule has 0 aromatic rings. The quantitative estimate of drug-likeness (QED) is 0.0344. The van der Waals surface area contributed by atoms with E-state index in [-0.39, 0.29) is 31.1 Å². The zero-order chi connectivity index (χ0) is 45.6. The fourth-order valence-electron chi connectivity index (χ4n) is 8.44. The van der Waals surface area contributed by atoms with E-state index in [0.717, 1.165) is 75.5 Å². The average molecular weight is 877 g/mol. The van der Waals surface area contributed by atoms with E-state index in [4.69, 9.17) is 14.2 Å². The smallest absolute Gasteiger partial charge is 0.306 e. The second-order valence-corrected chi connectivity index (χ2v) is 20.4. The summed E-state index contributed by atoms with van der Waals surface area (Å²) in [7, 11) is 0. The van der Waals surface area contributed by atoms with Crippen LogP contribution in [0.15, 0.2) is 0 Å². The van der Waals surface area contributed by atoms with Crippen LogP contribution in [-0.4, -0.2) is 37.2 Å². The van der Waals surface area contributed by atoms with E-state index in [1.165, 1.54) is 186 Å². The second kappa shape index (κ2) is 47.4. The van der Waals surface area contributed by atoms with Gasteiger partial charge < -0.3 is 14.2 Å². The van der Waals surface area contributed by atoms with E-state index in [1.54, 1.807) is 0 Å². The number of carbonyl (C=O) groups excluding carboxylic acids is 3. The molecule has 0 saturated heterocycles. The van der Waals surface area contributed by atoms with Crippen LogP contribution >= 0.6 is 0 Å². The first-order valence-electron chi connectivity index (χ1n) is 27.6. The Morgan fingerprint density at radius 2 is 0.565 bits per heavy atom. The average Bonchev–Trinajstić information content (AvgIpc) is 3.24. The molecule has 0 aliphatic rings. The molecule has 0 aliphatic heterocycles. The van der Waals surface area contributed by atoms with Crippen LogP contribution in [0.3, 0.4) is 0 Å². The summed E-state index contributed by atoms with van der Waals surface area (Å²) in [5, 5.41) is 0. The molecule has 0 aromatic carbocycles. The lowest BCUT2D eigenvalue weighted by atomic mass is 10.00. The van der Waals surface area contributed by atoms with Crippen LogP contribution < -0.4 is 0 Å². The maximum Gasteiger partial charge on any atom is 0.306 e. The van der Waals surface area contributed by atoms with Gasteiger partial charge in [0.25, 0.3) is 0 Å². The van der Waals surface area contributed by atoms with Crippen LogP contribution in [0.5, 0.6) is 0 Å². The van der Waals surface area contributed by atoms with Crippen molar-refractivity contribution in [3.05, 3.63) is 0 Å². The minimum atomic E-state index is -0.764. The van der Waals surface area contributed by atoms with Gasteiger partial charge in [0, 0.05) is 19.3 Å². The summed E-state index contributed by atoms with van der Waals surface area (Å²) in [6.45, 7) is 13.7. The highest BCUT2D eigenvalue weighted by Gasteiger charge is 2.19. The van der Waals surface area contributed by atoms with Crippen LogP contribution in [0.4, 0.5) is 0 Å². The first-order chi connectivity index (χ1) is 30.1. The summed E-state index contributed by atoms with van der Waals surface area (Å²) in [5.74, 6) is 1.65. The lowest BCUT2D eigenvalue weighted by Gasteiger charge is -2.18. The highest BCUT2D eigenvalue weighted by atomic mass is 16.6. The number of ether oxygens (including phenoxy) is 3. The maximum atomic E-state index is 12.8. The third-order valence-electron chi connectivity index (χ3n) is 13.0. The van der Waals surface area contributed by atoms with Gasteiger partial charge in [0.2, 0.25) is 0 Å². The Kier molecular flexibility index (Phi) is 46.2. The van der Waals surface area contributed by atoms with Crippen LogP contribution in [0.2, 0.25) is 0 Å². The van der Waals surface area contributed by atoms with Crippen molar-refractivity contribution in [3.8, 4) is 0 Å². The number of esters is 3. The lowest BCUT2D eigenvalue weighted by molar-refractivity contribution is -0.167. The Hall–Kier alpha value is -1.59. The number of hydrogen-bond acceptors (Lipinski definition) is 6. The molecule has 0 spiro atoms. The van der Waals surface area contributed by atoms with Crippen molar-refractivity contribution in [2.45, 2.75) is 311 Å². The lowest BCUT2D eigenvalue weighted by Crippen LogP contribution is -2.30. The molecule has 368 valence electrons. The molecule has 6 heteroatoms. The SMILES string of the molecule is CCC(C)CCCCCCCCC(=O)O[C@H](COC(=O)CCCCCCCCCCCCCCCCCCC(C)C)COC(=O)CCCCCCCCCCCCCCC(C)C. The van der Waals surface area contributed by atoms with Gasteiger partial charge in [-0.2, -0.15) is 0 Å². The van der Waals surface area contributed by atoms with E-state index >= 15 is 0 Å². The van der Waals surface area contributed by atoms with Gasteiger partial charge in [0.05, 0.1) is 0 Å². The van der Waals surface area contributed by atoms with Crippen molar-refractivity contribution < 1.29 is 28.6 Å². The van der Waals surface area contributed by atoms with E-state index in [1.807, 2.05) is 0 Å². The van der Waals surface area contributed by atoms with Crippen molar-refractivity contribution in [2.24, 2.45) is 17.8 Å². The Labute approximate surface area is 387 Å². The summed E-state index contributed by atoms with van der Waals surface area (Å²) in [6, 6.07) is 0. The minimum Gasteiger partial charge on any atom is -0.462 e. The topological polar surface area (TPSA) is 78.9 Å². The number of hydrogen-bond donors (Lipinski definition) is 0. The molecule has 0 rings (SSSR count). The van der Waals surface area contributed by atoms with E-state index in [2.05, 4.69) is 41.5 Å². The second-order valence-electron chi connectivity index (χ2n) is 20.4. The van der Waals surface area contributed by atoms with Crippen molar-refractivity contribution in [1.29, 1.82) is 0 Å². The molecule has 0 saturated carbocycles. The highest BCUT2D eigenvalue weighted by Crippen LogP contribution is 2.18. The van der Waals surface area contributed by atoms with Gasteiger partial charge in [0.1, 0.15) is 13.2 Å². The summed E-state index contributed by atoms with van der Waals surface area (Å²) >= 11 is 0. The van der Waals surface area contributed by atoms with Gasteiger partial charge in [-0.25, -0.2) is 0 Å². The Balaban J connectivity index is 4.23. The van der Waals surface area contributed by atoms with Crippen molar-refractivity contribution in [3.63, 3.8) is 0 Å². The van der Waals surface area contributed by atoms with Gasteiger partial charge >= 0.3 is 17.9 Å². The molecule has 0 N–H and O–H groups in total. The van der Waals surface area contributed by atoms with Crippen LogP contribution in [-0.2, 0) is 28.6 Å². The monoisotopic (exact) mass is 877 g/mol. The first kappa shape index (κ1) is 60.4.